The van der Waals surface area contributed by atoms with E-state index in [0.29, 0.717) is 23.7 Å². The molecule has 0 fully saturated rings. The standard InChI is InChI=1S/C22H29N3O5S/c1-6-30-19-12-9-17(13-20(19)29-5)14-23-24-22(26)21(15(2)3)25-31(27,28)18-10-7-16(4)8-11-18/h7-15,21,25H,6H2,1-5H3,(H,24,26)/b23-14-/t21-/m0/s1. The van der Waals surface area contributed by atoms with Gasteiger partial charge in [-0.2, -0.15) is 9.82 Å². The third kappa shape index (κ3) is 6.80. The van der Waals surface area contributed by atoms with E-state index in [2.05, 4.69) is 15.2 Å². The van der Waals surface area contributed by atoms with Crippen LogP contribution in [0, 0.1) is 12.8 Å². The Morgan fingerprint density at radius 3 is 2.39 bits per heavy atom. The van der Waals surface area contributed by atoms with Crippen molar-refractivity contribution in [1.29, 1.82) is 0 Å². The van der Waals surface area contributed by atoms with Gasteiger partial charge in [0.05, 0.1) is 24.8 Å². The molecule has 8 nitrogen and oxygen atoms in total. The van der Waals surface area contributed by atoms with E-state index < -0.39 is 22.0 Å². The van der Waals surface area contributed by atoms with Crippen LogP contribution in [0.4, 0.5) is 0 Å². The number of carbonyl (C=O) groups excluding carboxylic acids is 1. The van der Waals surface area contributed by atoms with Crippen LogP contribution in [0.15, 0.2) is 52.5 Å². The highest BCUT2D eigenvalue weighted by Gasteiger charge is 2.28. The number of rotatable bonds is 10. The first-order chi connectivity index (χ1) is 14.7. The van der Waals surface area contributed by atoms with Crippen LogP contribution in [0.1, 0.15) is 31.9 Å². The summed E-state index contributed by atoms with van der Waals surface area (Å²) in [6.07, 6.45) is 1.45. The number of hydrogen-bond acceptors (Lipinski definition) is 6. The molecule has 0 spiro atoms. The van der Waals surface area contributed by atoms with E-state index in [1.807, 2.05) is 13.8 Å². The Balaban J connectivity index is 2.10. The van der Waals surface area contributed by atoms with Gasteiger partial charge >= 0.3 is 0 Å². The number of aryl methyl sites for hydroxylation is 1. The van der Waals surface area contributed by atoms with Gasteiger partial charge in [-0.05, 0) is 55.7 Å². The third-order valence-corrected chi connectivity index (χ3v) is 5.90. The number of nitrogens with one attached hydrogen (secondary N) is 2. The Morgan fingerprint density at radius 2 is 1.81 bits per heavy atom. The van der Waals surface area contributed by atoms with Crippen LogP contribution in [0.2, 0.25) is 0 Å². The van der Waals surface area contributed by atoms with Crippen molar-refractivity contribution in [2.45, 2.75) is 38.6 Å². The zero-order valence-electron chi connectivity index (χ0n) is 18.4. The molecule has 1 amide bonds. The minimum atomic E-state index is -3.86. The maximum atomic E-state index is 12.7. The average molecular weight is 448 g/mol. The summed E-state index contributed by atoms with van der Waals surface area (Å²) in [4.78, 5) is 12.7. The highest BCUT2D eigenvalue weighted by molar-refractivity contribution is 7.89. The molecule has 0 aliphatic heterocycles. The van der Waals surface area contributed by atoms with Gasteiger partial charge in [-0.3, -0.25) is 4.79 Å². The SMILES string of the molecule is CCOc1ccc(/C=N\NC(=O)[C@@H](NS(=O)(=O)c2ccc(C)cc2)C(C)C)cc1OC. The Labute approximate surface area is 183 Å². The van der Waals surface area contributed by atoms with Crippen LogP contribution >= 0.6 is 0 Å². The van der Waals surface area contributed by atoms with Crippen molar-refractivity contribution in [2.24, 2.45) is 11.0 Å². The number of methoxy groups -OCH3 is 1. The normalized spacial score (nSPS) is 12.7. The van der Waals surface area contributed by atoms with E-state index in [1.165, 1.54) is 25.5 Å². The topological polar surface area (TPSA) is 106 Å². The number of amides is 1. The molecule has 0 saturated carbocycles. The molecule has 2 aromatic carbocycles. The smallest absolute Gasteiger partial charge is 0.258 e. The molecule has 2 aromatic rings. The summed E-state index contributed by atoms with van der Waals surface area (Å²) < 4.78 is 38.5. The number of benzene rings is 2. The lowest BCUT2D eigenvalue weighted by Gasteiger charge is -2.20. The first-order valence-corrected chi connectivity index (χ1v) is 11.4. The summed E-state index contributed by atoms with van der Waals surface area (Å²) in [5.41, 5.74) is 4.03. The Kier molecular flexibility index (Phi) is 8.58. The zero-order chi connectivity index (χ0) is 23.0. The monoisotopic (exact) mass is 447 g/mol. The second-order valence-corrected chi connectivity index (χ2v) is 8.95. The van der Waals surface area contributed by atoms with Crippen molar-refractivity contribution in [3.63, 3.8) is 0 Å². The van der Waals surface area contributed by atoms with Gasteiger partial charge in [0.2, 0.25) is 10.0 Å². The molecular formula is C22H29N3O5S. The second-order valence-electron chi connectivity index (χ2n) is 7.23. The fraction of sp³-hybridized carbons (Fsp3) is 0.364. The van der Waals surface area contributed by atoms with Crippen molar-refractivity contribution in [1.82, 2.24) is 10.1 Å². The summed E-state index contributed by atoms with van der Waals surface area (Å²) >= 11 is 0. The van der Waals surface area contributed by atoms with Gasteiger partial charge in [-0.1, -0.05) is 31.5 Å². The molecule has 0 heterocycles. The summed E-state index contributed by atoms with van der Waals surface area (Å²) in [5.74, 6) is 0.306. The van der Waals surface area contributed by atoms with E-state index in [-0.39, 0.29) is 10.8 Å². The van der Waals surface area contributed by atoms with Gasteiger partial charge in [-0.25, -0.2) is 13.8 Å². The van der Waals surface area contributed by atoms with Crippen LogP contribution in [0.5, 0.6) is 11.5 Å². The molecule has 168 valence electrons. The minimum absolute atomic E-state index is 0.0986. The zero-order valence-corrected chi connectivity index (χ0v) is 19.2. The maximum absolute atomic E-state index is 12.7. The van der Waals surface area contributed by atoms with Crippen LogP contribution in [-0.2, 0) is 14.8 Å². The van der Waals surface area contributed by atoms with Crippen LogP contribution in [0.3, 0.4) is 0 Å². The highest BCUT2D eigenvalue weighted by Crippen LogP contribution is 2.27. The first-order valence-electron chi connectivity index (χ1n) is 9.90. The van der Waals surface area contributed by atoms with Crippen LogP contribution in [0.25, 0.3) is 0 Å². The molecule has 9 heteroatoms. The number of nitrogens with zero attached hydrogens (tertiary/aromatic N) is 1. The van der Waals surface area contributed by atoms with E-state index in [1.54, 1.807) is 44.2 Å². The highest BCUT2D eigenvalue weighted by atomic mass is 32.2. The van der Waals surface area contributed by atoms with Gasteiger partial charge in [0.1, 0.15) is 6.04 Å². The molecule has 0 unspecified atom stereocenters. The summed E-state index contributed by atoms with van der Waals surface area (Å²) in [5, 5.41) is 3.95. The third-order valence-electron chi connectivity index (χ3n) is 4.44. The lowest BCUT2D eigenvalue weighted by Crippen LogP contribution is -2.48. The Bertz CT molecular complexity index is 1020. The molecule has 2 N–H and O–H groups in total. The minimum Gasteiger partial charge on any atom is -0.493 e. The van der Waals surface area contributed by atoms with Crippen LogP contribution in [-0.4, -0.2) is 40.3 Å². The molecule has 0 aromatic heterocycles. The molecule has 0 saturated heterocycles. The predicted molar refractivity (Wildman–Crippen MR) is 120 cm³/mol. The van der Waals surface area contributed by atoms with Crippen molar-refractivity contribution in [2.75, 3.05) is 13.7 Å². The van der Waals surface area contributed by atoms with Gasteiger partial charge < -0.3 is 9.47 Å². The van der Waals surface area contributed by atoms with Gasteiger partial charge in [0.25, 0.3) is 5.91 Å². The van der Waals surface area contributed by atoms with E-state index in [4.69, 9.17) is 9.47 Å². The lowest BCUT2D eigenvalue weighted by molar-refractivity contribution is -0.123. The largest absolute Gasteiger partial charge is 0.493 e. The van der Waals surface area contributed by atoms with Crippen molar-refractivity contribution in [3.05, 3.63) is 53.6 Å². The average Bonchev–Trinajstić information content (AvgIpc) is 2.73. The first kappa shape index (κ1) is 24.4. The molecule has 0 aliphatic carbocycles. The number of sulfonamides is 1. The molecule has 0 radical (unpaired) electrons. The summed E-state index contributed by atoms with van der Waals surface area (Å²) in [6, 6.07) is 10.7. The maximum Gasteiger partial charge on any atom is 0.258 e. The number of ether oxygens (including phenoxy) is 2. The van der Waals surface area contributed by atoms with Crippen molar-refractivity contribution in [3.8, 4) is 11.5 Å². The summed E-state index contributed by atoms with van der Waals surface area (Å²) in [7, 11) is -2.32. The molecular weight excluding hydrogens is 418 g/mol. The molecule has 31 heavy (non-hydrogen) atoms. The number of carbonyl (C=O) groups is 1. The fourth-order valence-electron chi connectivity index (χ4n) is 2.72. The van der Waals surface area contributed by atoms with Gasteiger partial charge in [-0.15, -0.1) is 0 Å². The van der Waals surface area contributed by atoms with Gasteiger partial charge in [0, 0.05) is 0 Å². The molecule has 0 bridgehead atoms. The fourth-order valence-corrected chi connectivity index (χ4v) is 4.07. The Morgan fingerprint density at radius 1 is 1.13 bits per heavy atom. The van der Waals surface area contributed by atoms with E-state index in [9.17, 15) is 13.2 Å². The molecule has 0 aliphatic rings. The quantitative estimate of drug-likeness (QED) is 0.430. The number of hydrazone groups is 1. The van der Waals surface area contributed by atoms with E-state index >= 15 is 0 Å². The molecule has 1 atom stereocenters. The van der Waals surface area contributed by atoms with Crippen LogP contribution < -0.4 is 19.6 Å². The predicted octanol–water partition coefficient (Wildman–Crippen LogP) is 2.86. The van der Waals surface area contributed by atoms with Gasteiger partial charge in [0.15, 0.2) is 11.5 Å². The van der Waals surface area contributed by atoms with E-state index in [0.717, 1.165) is 5.56 Å². The van der Waals surface area contributed by atoms with Crippen molar-refractivity contribution < 1.29 is 22.7 Å². The molecule has 2 rings (SSSR count). The second kappa shape index (κ2) is 10.9. The van der Waals surface area contributed by atoms with Crippen molar-refractivity contribution >= 4 is 22.1 Å². The Hall–Kier alpha value is -2.91. The summed E-state index contributed by atoms with van der Waals surface area (Å²) in [6.45, 7) is 7.76. The number of hydrogen-bond donors (Lipinski definition) is 2. The lowest BCUT2D eigenvalue weighted by atomic mass is 10.1.